The van der Waals surface area contributed by atoms with E-state index in [1.807, 2.05) is 25.1 Å². The van der Waals surface area contributed by atoms with E-state index in [0.29, 0.717) is 0 Å². The highest BCUT2D eigenvalue weighted by Gasteiger charge is 2.25. The van der Waals surface area contributed by atoms with Gasteiger partial charge in [0.2, 0.25) is 0 Å². The zero-order valence-corrected chi connectivity index (χ0v) is 19.3. The molecule has 0 spiro atoms. The van der Waals surface area contributed by atoms with E-state index in [1.54, 1.807) is 0 Å². The Morgan fingerprint density at radius 2 is 1.04 bits per heavy atom. The first kappa shape index (κ1) is 18.5. The van der Waals surface area contributed by atoms with E-state index in [4.69, 9.17) is 8.83 Å². The predicted octanol–water partition coefficient (Wildman–Crippen LogP) is 6.06. The highest BCUT2D eigenvalue weighted by molar-refractivity contribution is 9.10. The summed E-state index contributed by atoms with van der Waals surface area (Å²) in [5.41, 5.74) is 4.80. The Kier molecular flexibility index (Phi) is 4.77. The van der Waals surface area contributed by atoms with Gasteiger partial charge in [-0.2, -0.15) is 0 Å². The number of hydrogen-bond acceptors (Lipinski definition) is 2. The van der Waals surface area contributed by atoms with Crippen LogP contribution in [0.3, 0.4) is 0 Å². The number of halogens is 1. The summed E-state index contributed by atoms with van der Waals surface area (Å²) in [5.74, 6) is 0. The molecule has 2 nitrogen and oxygen atoms in total. The summed E-state index contributed by atoms with van der Waals surface area (Å²) >= 11 is 3.70. The van der Waals surface area contributed by atoms with Gasteiger partial charge in [0.25, 0.3) is 0 Å². The topological polar surface area (TPSA) is 26.3 Å². The van der Waals surface area contributed by atoms with Crippen molar-refractivity contribution in [3.05, 3.63) is 47.7 Å². The first-order valence-electron chi connectivity index (χ1n) is 8.52. The van der Waals surface area contributed by atoms with Gasteiger partial charge in [0.1, 0.15) is 0 Å². The molecule has 0 atom stereocenters. The van der Waals surface area contributed by atoms with Crippen LogP contribution >= 0.6 is 15.9 Å². The molecular formula is C20H25BrO2Si2. The highest BCUT2D eigenvalue weighted by Crippen LogP contribution is 2.31. The molecule has 0 amide bonds. The molecule has 0 aliphatic heterocycles. The van der Waals surface area contributed by atoms with E-state index in [0.717, 1.165) is 4.47 Å². The fraction of sp³-hybridized carbons (Fsp3) is 0.300. The van der Waals surface area contributed by atoms with Gasteiger partial charge in [-0.3, -0.25) is 0 Å². The number of benzene rings is 1. The van der Waals surface area contributed by atoms with Gasteiger partial charge < -0.3 is 8.83 Å². The molecule has 0 fully saturated rings. The van der Waals surface area contributed by atoms with E-state index in [9.17, 15) is 0 Å². The zero-order valence-electron chi connectivity index (χ0n) is 15.7. The van der Waals surface area contributed by atoms with Crippen LogP contribution in [-0.2, 0) is 0 Å². The maximum Gasteiger partial charge on any atom is 0.0979 e. The van der Waals surface area contributed by atoms with Gasteiger partial charge in [-0.1, -0.05) is 55.2 Å². The summed E-state index contributed by atoms with van der Waals surface area (Å²) in [6.45, 7) is 14.1. The molecule has 0 aliphatic rings. The van der Waals surface area contributed by atoms with Gasteiger partial charge in [-0.05, 0) is 39.7 Å². The number of furan rings is 2. The van der Waals surface area contributed by atoms with Crippen molar-refractivity contribution >= 4 is 42.5 Å². The van der Waals surface area contributed by atoms with E-state index in [2.05, 4.69) is 73.4 Å². The van der Waals surface area contributed by atoms with Gasteiger partial charge in [0.05, 0.1) is 41.2 Å². The van der Waals surface area contributed by atoms with Crippen LogP contribution in [0.4, 0.5) is 0 Å². The van der Waals surface area contributed by atoms with E-state index >= 15 is 0 Å². The molecule has 25 heavy (non-hydrogen) atoms. The highest BCUT2D eigenvalue weighted by atomic mass is 79.9. The van der Waals surface area contributed by atoms with Crippen molar-refractivity contribution in [2.45, 2.75) is 39.3 Å². The minimum absolute atomic E-state index is 1.07. The van der Waals surface area contributed by atoms with Gasteiger partial charge in [0, 0.05) is 15.6 Å². The smallest absolute Gasteiger partial charge is 0.0979 e. The predicted molar refractivity (Wildman–Crippen MR) is 116 cm³/mol. The average Bonchev–Trinajstić information content (AvgIpc) is 3.15. The third kappa shape index (κ3) is 3.78. The van der Waals surface area contributed by atoms with Crippen LogP contribution in [0.2, 0.25) is 39.3 Å². The SMILES string of the molecule is C[Si](C)(C)c1cocc1-c1cc(Br)cc(-c2cocc2[Si](C)(C)C)c1. The maximum absolute atomic E-state index is 5.58. The fourth-order valence-corrected chi connectivity index (χ4v) is 6.46. The molecule has 132 valence electrons. The Morgan fingerprint density at radius 3 is 1.40 bits per heavy atom. The monoisotopic (exact) mass is 432 g/mol. The van der Waals surface area contributed by atoms with Crippen LogP contribution in [0.5, 0.6) is 0 Å². The second-order valence-corrected chi connectivity index (χ2v) is 19.6. The third-order valence-electron chi connectivity index (χ3n) is 4.46. The summed E-state index contributed by atoms with van der Waals surface area (Å²) < 4.78 is 12.2. The lowest BCUT2D eigenvalue weighted by Crippen LogP contribution is -2.38. The maximum atomic E-state index is 5.58. The molecule has 3 rings (SSSR count). The normalized spacial score (nSPS) is 12.6. The third-order valence-corrected chi connectivity index (χ3v) is 8.92. The van der Waals surface area contributed by atoms with Gasteiger partial charge in [-0.25, -0.2) is 0 Å². The average molecular weight is 433 g/mol. The zero-order chi connectivity index (χ0) is 18.4. The van der Waals surface area contributed by atoms with Gasteiger partial charge >= 0.3 is 0 Å². The molecule has 0 bridgehead atoms. The molecule has 1 aromatic carbocycles. The van der Waals surface area contributed by atoms with Crippen molar-refractivity contribution < 1.29 is 8.83 Å². The summed E-state index contributed by atoms with van der Waals surface area (Å²) in [4.78, 5) is 0. The largest absolute Gasteiger partial charge is 0.472 e. The Bertz CT molecular complexity index is 825. The van der Waals surface area contributed by atoms with Crippen LogP contribution in [0.1, 0.15) is 0 Å². The number of rotatable bonds is 4. The van der Waals surface area contributed by atoms with Crippen molar-refractivity contribution in [3.63, 3.8) is 0 Å². The Morgan fingerprint density at radius 1 is 0.640 bits per heavy atom. The van der Waals surface area contributed by atoms with Crippen LogP contribution in [0, 0.1) is 0 Å². The molecule has 0 radical (unpaired) electrons. The molecule has 0 aliphatic carbocycles. The fourth-order valence-electron chi connectivity index (χ4n) is 3.10. The van der Waals surface area contributed by atoms with Gasteiger partial charge in [-0.15, -0.1) is 0 Å². The van der Waals surface area contributed by atoms with Crippen molar-refractivity contribution in [2.24, 2.45) is 0 Å². The Labute approximate surface area is 160 Å². The van der Waals surface area contributed by atoms with Crippen molar-refractivity contribution in [3.8, 4) is 22.3 Å². The molecule has 0 saturated carbocycles. The summed E-state index contributed by atoms with van der Waals surface area (Å²) in [7, 11) is -2.94. The van der Waals surface area contributed by atoms with Gasteiger partial charge in [0.15, 0.2) is 0 Å². The Balaban J connectivity index is 2.16. The number of hydrogen-bond donors (Lipinski definition) is 0. The molecule has 2 aromatic heterocycles. The molecular weight excluding hydrogens is 408 g/mol. The van der Waals surface area contributed by atoms with Crippen molar-refractivity contribution in [2.75, 3.05) is 0 Å². The quantitative estimate of drug-likeness (QED) is 0.468. The van der Waals surface area contributed by atoms with Crippen molar-refractivity contribution in [1.82, 2.24) is 0 Å². The molecule has 2 heterocycles. The van der Waals surface area contributed by atoms with E-state index in [-0.39, 0.29) is 0 Å². The molecule has 0 unspecified atom stereocenters. The van der Waals surface area contributed by atoms with E-state index in [1.165, 1.54) is 32.6 Å². The first-order valence-corrected chi connectivity index (χ1v) is 16.3. The van der Waals surface area contributed by atoms with Crippen LogP contribution < -0.4 is 10.4 Å². The Hall–Kier alpha value is -1.31. The summed E-state index contributed by atoms with van der Waals surface area (Å²) in [6.07, 6.45) is 7.61. The standard InChI is InChI=1S/C20H25BrO2Si2/c1-24(2,3)19-12-22-10-17(19)14-7-15(9-16(21)8-14)18-11-23-13-20(18)25(4,5)6/h7-13H,1-6H3. The lowest BCUT2D eigenvalue weighted by Gasteiger charge is -2.18. The molecule has 0 N–H and O–H groups in total. The summed E-state index contributed by atoms with van der Waals surface area (Å²) in [6, 6.07) is 6.60. The lowest BCUT2D eigenvalue weighted by molar-refractivity contribution is 0.569. The molecule has 3 aromatic rings. The first-order chi connectivity index (χ1) is 11.6. The molecule has 0 saturated heterocycles. The van der Waals surface area contributed by atoms with Crippen LogP contribution in [-0.4, -0.2) is 16.1 Å². The lowest BCUT2D eigenvalue weighted by atomic mass is 10.0. The minimum Gasteiger partial charge on any atom is -0.472 e. The minimum atomic E-state index is -1.47. The van der Waals surface area contributed by atoms with Crippen molar-refractivity contribution in [1.29, 1.82) is 0 Å². The van der Waals surface area contributed by atoms with E-state index < -0.39 is 16.1 Å². The molecule has 5 heteroatoms. The second kappa shape index (κ2) is 6.45. The van der Waals surface area contributed by atoms with Crippen LogP contribution in [0.25, 0.3) is 22.3 Å². The second-order valence-electron chi connectivity index (χ2n) is 8.63. The van der Waals surface area contributed by atoms with Crippen LogP contribution in [0.15, 0.2) is 56.6 Å². The summed E-state index contributed by atoms with van der Waals surface area (Å²) in [5, 5.41) is 2.71.